The Bertz CT molecular complexity index is 497. The number of fused-ring (bicyclic) bond motifs is 1. The van der Waals surface area contributed by atoms with E-state index in [0.29, 0.717) is 5.57 Å². The molecule has 1 aromatic heterocycles. The molecular weight excluding hydrogens is 174 g/mol. The molecule has 0 radical (unpaired) electrons. The van der Waals surface area contributed by atoms with Crippen molar-refractivity contribution in [3.8, 4) is 0 Å². The van der Waals surface area contributed by atoms with Gasteiger partial charge in [-0.05, 0) is 17.7 Å². The van der Waals surface area contributed by atoms with Gasteiger partial charge < -0.3 is 0 Å². The van der Waals surface area contributed by atoms with E-state index < -0.39 is 0 Å². The fourth-order valence-corrected chi connectivity index (χ4v) is 1.44. The van der Waals surface area contributed by atoms with Crippen molar-refractivity contribution in [1.82, 2.24) is 4.98 Å². The molecule has 0 aliphatic heterocycles. The van der Waals surface area contributed by atoms with E-state index in [1.807, 2.05) is 24.3 Å². The van der Waals surface area contributed by atoms with Gasteiger partial charge in [0.25, 0.3) is 0 Å². The van der Waals surface area contributed by atoms with Gasteiger partial charge in [0.05, 0.1) is 5.52 Å². The smallest absolute Gasteiger partial charge is 0.150 e. The average Bonchev–Trinajstić information content (AvgIpc) is 2.27. The zero-order valence-corrected chi connectivity index (χ0v) is 7.60. The number of aromatic nitrogens is 1. The Labute approximate surface area is 81.9 Å². The van der Waals surface area contributed by atoms with Gasteiger partial charge in [0, 0.05) is 17.2 Å². The lowest BCUT2D eigenvalue weighted by Gasteiger charge is -2.03. The Morgan fingerprint density at radius 3 is 2.86 bits per heavy atom. The number of benzene rings is 1. The summed E-state index contributed by atoms with van der Waals surface area (Å²) in [7, 11) is 0. The maximum Gasteiger partial charge on any atom is 0.150 e. The lowest BCUT2D eigenvalue weighted by Crippen LogP contribution is -1.87. The van der Waals surface area contributed by atoms with E-state index in [1.54, 1.807) is 12.3 Å². The van der Waals surface area contributed by atoms with Gasteiger partial charge in [-0.3, -0.25) is 9.78 Å². The molecular formula is C12H9NO. The third kappa shape index (κ3) is 1.31. The second-order valence-electron chi connectivity index (χ2n) is 3.02. The van der Waals surface area contributed by atoms with Crippen LogP contribution in [-0.2, 0) is 4.79 Å². The molecule has 0 N–H and O–H groups in total. The zero-order valence-electron chi connectivity index (χ0n) is 7.60. The molecule has 0 saturated heterocycles. The van der Waals surface area contributed by atoms with Gasteiger partial charge in [-0.2, -0.15) is 0 Å². The number of rotatable bonds is 2. The van der Waals surface area contributed by atoms with Crippen LogP contribution in [-0.4, -0.2) is 11.3 Å². The summed E-state index contributed by atoms with van der Waals surface area (Å²) in [6, 6.07) is 9.50. The van der Waals surface area contributed by atoms with Crippen molar-refractivity contribution in [2.75, 3.05) is 0 Å². The van der Waals surface area contributed by atoms with Crippen LogP contribution in [0.15, 0.2) is 43.1 Å². The molecule has 1 aromatic carbocycles. The SMILES string of the molecule is C=C(C=O)c1ccnc2ccccc12. The van der Waals surface area contributed by atoms with E-state index in [0.717, 1.165) is 22.8 Å². The summed E-state index contributed by atoms with van der Waals surface area (Å²) in [5.74, 6) is 0. The van der Waals surface area contributed by atoms with Crippen LogP contribution in [0.1, 0.15) is 5.56 Å². The summed E-state index contributed by atoms with van der Waals surface area (Å²) in [6.07, 6.45) is 2.45. The summed E-state index contributed by atoms with van der Waals surface area (Å²) < 4.78 is 0. The number of para-hydroxylation sites is 1. The normalized spacial score (nSPS) is 10.0. The van der Waals surface area contributed by atoms with Gasteiger partial charge in [-0.25, -0.2) is 0 Å². The minimum absolute atomic E-state index is 0.489. The monoisotopic (exact) mass is 183 g/mol. The van der Waals surface area contributed by atoms with Gasteiger partial charge in [0.15, 0.2) is 0 Å². The molecule has 14 heavy (non-hydrogen) atoms. The molecule has 0 aliphatic rings. The largest absolute Gasteiger partial charge is 0.298 e. The Balaban J connectivity index is 2.77. The summed E-state index contributed by atoms with van der Waals surface area (Å²) >= 11 is 0. The highest BCUT2D eigenvalue weighted by molar-refractivity contribution is 6.11. The number of allylic oxidation sites excluding steroid dienone is 1. The Hall–Kier alpha value is -1.96. The Morgan fingerprint density at radius 1 is 1.29 bits per heavy atom. The summed E-state index contributed by atoms with van der Waals surface area (Å²) in [5, 5.41) is 0.965. The standard InChI is InChI=1S/C12H9NO/c1-9(8-14)10-6-7-13-12-5-3-2-4-11(10)12/h2-8H,1H2. The van der Waals surface area contributed by atoms with Crippen molar-refractivity contribution >= 4 is 22.8 Å². The predicted octanol–water partition coefficient (Wildman–Crippen LogP) is 2.45. The average molecular weight is 183 g/mol. The Morgan fingerprint density at radius 2 is 2.07 bits per heavy atom. The van der Waals surface area contributed by atoms with Crippen molar-refractivity contribution in [3.05, 3.63) is 48.7 Å². The van der Waals surface area contributed by atoms with Crippen LogP contribution in [0.4, 0.5) is 0 Å². The molecule has 0 unspecified atom stereocenters. The van der Waals surface area contributed by atoms with E-state index in [-0.39, 0.29) is 0 Å². The molecule has 2 nitrogen and oxygen atoms in total. The van der Waals surface area contributed by atoms with Crippen LogP contribution in [0.2, 0.25) is 0 Å². The minimum Gasteiger partial charge on any atom is -0.298 e. The third-order valence-electron chi connectivity index (χ3n) is 2.14. The molecule has 0 fully saturated rings. The third-order valence-corrected chi connectivity index (χ3v) is 2.14. The second kappa shape index (κ2) is 3.42. The molecule has 2 rings (SSSR count). The quantitative estimate of drug-likeness (QED) is 0.528. The topological polar surface area (TPSA) is 30.0 Å². The van der Waals surface area contributed by atoms with Crippen molar-refractivity contribution < 1.29 is 4.79 Å². The predicted molar refractivity (Wildman–Crippen MR) is 56.8 cm³/mol. The van der Waals surface area contributed by atoms with Gasteiger partial charge in [0.2, 0.25) is 0 Å². The van der Waals surface area contributed by atoms with Crippen LogP contribution in [0, 0.1) is 0 Å². The van der Waals surface area contributed by atoms with Crippen molar-refractivity contribution in [3.63, 3.8) is 0 Å². The molecule has 2 heteroatoms. The Kier molecular flexibility index (Phi) is 2.11. The molecule has 0 aliphatic carbocycles. The van der Waals surface area contributed by atoms with Crippen LogP contribution in [0.3, 0.4) is 0 Å². The molecule has 0 saturated carbocycles. The lowest BCUT2D eigenvalue weighted by atomic mass is 10.0. The van der Waals surface area contributed by atoms with Gasteiger partial charge in [0.1, 0.15) is 6.29 Å². The fourth-order valence-electron chi connectivity index (χ4n) is 1.44. The van der Waals surface area contributed by atoms with Crippen molar-refractivity contribution in [2.24, 2.45) is 0 Å². The molecule has 0 amide bonds. The first-order valence-electron chi connectivity index (χ1n) is 4.31. The van der Waals surface area contributed by atoms with Gasteiger partial charge in [-0.15, -0.1) is 0 Å². The van der Waals surface area contributed by atoms with E-state index in [1.165, 1.54) is 0 Å². The number of aldehydes is 1. The molecule has 68 valence electrons. The first-order chi connectivity index (χ1) is 6.83. The van der Waals surface area contributed by atoms with Crippen molar-refractivity contribution in [1.29, 1.82) is 0 Å². The first kappa shape index (κ1) is 8.63. The number of pyridine rings is 1. The molecule has 0 bridgehead atoms. The number of carbonyl (C=O) groups is 1. The van der Waals surface area contributed by atoms with E-state index in [9.17, 15) is 4.79 Å². The van der Waals surface area contributed by atoms with E-state index in [2.05, 4.69) is 11.6 Å². The second-order valence-corrected chi connectivity index (χ2v) is 3.02. The number of nitrogens with zero attached hydrogens (tertiary/aromatic N) is 1. The van der Waals surface area contributed by atoms with Crippen molar-refractivity contribution in [2.45, 2.75) is 0 Å². The molecule has 0 spiro atoms. The van der Waals surface area contributed by atoms with E-state index >= 15 is 0 Å². The number of hydrogen-bond acceptors (Lipinski definition) is 2. The van der Waals surface area contributed by atoms with Crippen LogP contribution >= 0.6 is 0 Å². The van der Waals surface area contributed by atoms with Crippen LogP contribution in [0.25, 0.3) is 16.5 Å². The first-order valence-corrected chi connectivity index (χ1v) is 4.31. The molecule has 2 aromatic rings. The van der Waals surface area contributed by atoms with Crippen LogP contribution in [0.5, 0.6) is 0 Å². The summed E-state index contributed by atoms with van der Waals surface area (Å²) in [6.45, 7) is 3.70. The lowest BCUT2D eigenvalue weighted by molar-refractivity contribution is -0.103. The zero-order chi connectivity index (χ0) is 9.97. The minimum atomic E-state index is 0.489. The maximum absolute atomic E-state index is 10.6. The number of carbonyl (C=O) groups excluding carboxylic acids is 1. The molecule has 1 heterocycles. The van der Waals surface area contributed by atoms with Gasteiger partial charge >= 0.3 is 0 Å². The summed E-state index contributed by atoms with van der Waals surface area (Å²) in [4.78, 5) is 14.8. The van der Waals surface area contributed by atoms with Crippen LogP contribution < -0.4 is 0 Å². The maximum atomic E-state index is 10.6. The fraction of sp³-hybridized carbons (Fsp3) is 0. The van der Waals surface area contributed by atoms with E-state index in [4.69, 9.17) is 0 Å². The highest BCUT2D eigenvalue weighted by Gasteiger charge is 2.02. The number of hydrogen-bond donors (Lipinski definition) is 0. The summed E-state index contributed by atoms with van der Waals surface area (Å²) in [5.41, 5.74) is 2.22. The highest BCUT2D eigenvalue weighted by Crippen LogP contribution is 2.20. The highest BCUT2D eigenvalue weighted by atomic mass is 16.1. The molecule has 0 atom stereocenters. The van der Waals surface area contributed by atoms with Gasteiger partial charge in [-0.1, -0.05) is 24.8 Å².